The van der Waals surface area contributed by atoms with E-state index in [1.807, 2.05) is 30.3 Å². The van der Waals surface area contributed by atoms with Gasteiger partial charge in [-0.15, -0.1) is 0 Å². The van der Waals surface area contributed by atoms with Gasteiger partial charge in [0.2, 0.25) is 0 Å². The highest BCUT2D eigenvalue weighted by atomic mass is 16.5. The van der Waals surface area contributed by atoms with Crippen molar-refractivity contribution >= 4 is 24.4 Å². The molecule has 0 fully saturated rings. The number of amides is 1. The van der Waals surface area contributed by atoms with Gasteiger partial charge in [0.05, 0.1) is 11.9 Å². The van der Waals surface area contributed by atoms with Gasteiger partial charge in [0.15, 0.2) is 0 Å². The Kier molecular flexibility index (Phi) is 4.70. The Labute approximate surface area is 116 Å². The highest BCUT2D eigenvalue weighted by molar-refractivity contribution is 6.58. The molecule has 0 radical (unpaired) electrons. The van der Waals surface area contributed by atoms with Crippen LogP contribution in [0.3, 0.4) is 0 Å². The Balaban J connectivity index is 1.90. The molecule has 3 N–H and O–H groups in total. The molecular formula is C13H13BN2O4. The zero-order valence-corrected chi connectivity index (χ0v) is 10.6. The van der Waals surface area contributed by atoms with Gasteiger partial charge in [0.25, 0.3) is 0 Å². The molecule has 0 aliphatic heterocycles. The molecule has 0 atom stereocenters. The molecule has 102 valence electrons. The van der Waals surface area contributed by atoms with Crippen molar-refractivity contribution in [2.75, 3.05) is 5.32 Å². The van der Waals surface area contributed by atoms with Crippen LogP contribution in [0.25, 0.3) is 0 Å². The average molecular weight is 272 g/mol. The third-order valence-electron chi connectivity index (χ3n) is 2.52. The summed E-state index contributed by atoms with van der Waals surface area (Å²) in [6.45, 7) is 0.155. The van der Waals surface area contributed by atoms with E-state index in [0.717, 1.165) is 5.56 Å². The zero-order valence-electron chi connectivity index (χ0n) is 10.6. The molecule has 0 saturated carbocycles. The van der Waals surface area contributed by atoms with Crippen LogP contribution in [-0.4, -0.2) is 28.2 Å². The molecule has 1 heterocycles. The highest BCUT2D eigenvalue weighted by Gasteiger charge is 2.12. The summed E-state index contributed by atoms with van der Waals surface area (Å²) < 4.78 is 5.03. The molecule has 1 aromatic heterocycles. The lowest BCUT2D eigenvalue weighted by Gasteiger charge is -2.08. The summed E-state index contributed by atoms with van der Waals surface area (Å²) >= 11 is 0. The molecule has 20 heavy (non-hydrogen) atoms. The fraction of sp³-hybridized carbons (Fsp3) is 0.0769. The normalized spacial score (nSPS) is 9.90. The van der Waals surface area contributed by atoms with Crippen molar-refractivity contribution in [3.8, 4) is 0 Å². The summed E-state index contributed by atoms with van der Waals surface area (Å²) in [5, 5.41) is 20.5. The standard InChI is InChI=1S/C13H13BN2O4/c17-13(20-9-10-4-2-1-3-5-10)16-12-6-11(14(18)19)7-15-8-12/h1-8,18-19H,9H2,(H,16,17). The number of aromatic nitrogens is 1. The van der Waals surface area contributed by atoms with E-state index in [-0.39, 0.29) is 12.1 Å². The topological polar surface area (TPSA) is 91.7 Å². The molecule has 0 spiro atoms. The van der Waals surface area contributed by atoms with Crippen molar-refractivity contribution in [2.24, 2.45) is 0 Å². The Morgan fingerprint density at radius 3 is 2.70 bits per heavy atom. The Bertz CT molecular complexity index is 578. The summed E-state index contributed by atoms with van der Waals surface area (Å²) in [4.78, 5) is 15.4. The number of carbonyl (C=O) groups is 1. The maximum Gasteiger partial charge on any atom is 0.490 e. The number of nitrogens with one attached hydrogen (secondary N) is 1. The smallest absolute Gasteiger partial charge is 0.444 e. The summed E-state index contributed by atoms with van der Waals surface area (Å²) in [5.74, 6) is 0. The molecule has 0 bridgehead atoms. The Morgan fingerprint density at radius 2 is 2.00 bits per heavy atom. The summed E-state index contributed by atoms with van der Waals surface area (Å²) in [7, 11) is -1.63. The lowest BCUT2D eigenvalue weighted by atomic mass is 9.81. The van der Waals surface area contributed by atoms with Gasteiger partial charge in [-0.05, 0) is 11.6 Å². The molecule has 1 aromatic carbocycles. The highest BCUT2D eigenvalue weighted by Crippen LogP contribution is 2.05. The first-order valence-corrected chi connectivity index (χ1v) is 5.94. The van der Waals surface area contributed by atoms with E-state index in [2.05, 4.69) is 10.3 Å². The van der Waals surface area contributed by atoms with Crippen LogP contribution in [0.1, 0.15) is 5.56 Å². The quantitative estimate of drug-likeness (QED) is 0.705. The van der Waals surface area contributed by atoms with Crippen molar-refractivity contribution < 1.29 is 19.6 Å². The predicted octanol–water partition coefficient (Wildman–Crippen LogP) is 0.510. The maximum atomic E-state index is 11.6. The molecular weight excluding hydrogens is 259 g/mol. The Morgan fingerprint density at radius 1 is 1.25 bits per heavy atom. The van der Waals surface area contributed by atoms with Crippen LogP contribution in [0, 0.1) is 0 Å². The third kappa shape index (κ3) is 4.08. The minimum atomic E-state index is -1.63. The second kappa shape index (κ2) is 6.69. The zero-order chi connectivity index (χ0) is 14.4. The fourth-order valence-electron chi connectivity index (χ4n) is 1.54. The van der Waals surface area contributed by atoms with Gasteiger partial charge >= 0.3 is 13.2 Å². The molecule has 0 aliphatic rings. The summed E-state index contributed by atoms with van der Waals surface area (Å²) in [6.07, 6.45) is 2.04. The fourth-order valence-corrected chi connectivity index (χ4v) is 1.54. The van der Waals surface area contributed by atoms with Crippen LogP contribution in [0.4, 0.5) is 10.5 Å². The maximum absolute atomic E-state index is 11.6. The van der Waals surface area contributed by atoms with Crippen LogP contribution in [0.15, 0.2) is 48.8 Å². The number of ether oxygens (including phenoxy) is 1. The number of hydrogen-bond donors (Lipinski definition) is 3. The van der Waals surface area contributed by atoms with Gasteiger partial charge in [0.1, 0.15) is 6.61 Å². The van der Waals surface area contributed by atoms with Crippen LogP contribution in [0.2, 0.25) is 0 Å². The molecule has 0 unspecified atom stereocenters. The third-order valence-corrected chi connectivity index (χ3v) is 2.52. The van der Waals surface area contributed by atoms with Crippen LogP contribution in [-0.2, 0) is 11.3 Å². The minimum Gasteiger partial charge on any atom is -0.444 e. The molecule has 7 heteroatoms. The second-order valence-corrected chi connectivity index (χ2v) is 4.07. The number of hydrogen-bond acceptors (Lipinski definition) is 5. The molecule has 1 amide bonds. The minimum absolute atomic E-state index is 0.155. The van der Waals surface area contributed by atoms with Gasteiger partial charge in [-0.3, -0.25) is 10.3 Å². The molecule has 2 aromatic rings. The molecule has 6 nitrogen and oxygen atoms in total. The van der Waals surface area contributed by atoms with Crippen molar-refractivity contribution in [1.29, 1.82) is 0 Å². The van der Waals surface area contributed by atoms with E-state index >= 15 is 0 Å². The van der Waals surface area contributed by atoms with E-state index in [1.54, 1.807) is 0 Å². The SMILES string of the molecule is O=C(Nc1cncc(B(O)O)c1)OCc1ccccc1. The van der Waals surface area contributed by atoms with Crippen molar-refractivity contribution in [3.05, 3.63) is 54.4 Å². The van der Waals surface area contributed by atoms with E-state index < -0.39 is 13.2 Å². The number of carbonyl (C=O) groups excluding carboxylic acids is 1. The number of anilines is 1. The van der Waals surface area contributed by atoms with E-state index in [1.165, 1.54) is 18.5 Å². The summed E-state index contributed by atoms with van der Waals surface area (Å²) in [6, 6.07) is 10.7. The van der Waals surface area contributed by atoms with Crippen molar-refractivity contribution in [3.63, 3.8) is 0 Å². The van der Waals surface area contributed by atoms with Gasteiger partial charge in [-0.1, -0.05) is 30.3 Å². The van der Waals surface area contributed by atoms with E-state index in [0.29, 0.717) is 5.69 Å². The lowest BCUT2D eigenvalue weighted by Crippen LogP contribution is -2.30. The lowest BCUT2D eigenvalue weighted by molar-refractivity contribution is 0.155. The van der Waals surface area contributed by atoms with Crippen LogP contribution >= 0.6 is 0 Å². The van der Waals surface area contributed by atoms with E-state index in [4.69, 9.17) is 14.8 Å². The van der Waals surface area contributed by atoms with Crippen LogP contribution in [0.5, 0.6) is 0 Å². The Hall–Kier alpha value is -2.38. The molecule has 2 rings (SSSR count). The van der Waals surface area contributed by atoms with Crippen LogP contribution < -0.4 is 10.8 Å². The molecule has 0 saturated heterocycles. The number of nitrogens with zero attached hydrogens (tertiary/aromatic N) is 1. The molecule has 0 aliphatic carbocycles. The van der Waals surface area contributed by atoms with Gasteiger partial charge < -0.3 is 14.8 Å². The largest absolute Gasteiger partial charge is 0.490 e. The first-order chi connectivity index (χ1) is 9.65. The number of benzene rings is 1. The first kappa shape index (κ1) is 14.0. The second-order valence-electron chi connectivity index (χ2n) is 4.07. The average Bonchev–Trinajstić information content (AvgIpc) is 2.46. The number of pyridine rings is 1. The number of rotatable bonds is 4. The van der Waals surface area contributed by atoms with Crippen molar-refractivity contribution in [1.82, 2.24) is 4.98 Å². The summed E-state index contributed by atoms with van der Waals surface area (Å²) in [5.41, 5.74) is 1.39. The first-order valence-electron chi connectivity index (χ1n) is 5.94. The van der Waals surface area contributed by atoms with Gasteiger partial charge in [-0.2, -0.15) is 0 Å². The van der Waals surface area contributed by atoms with Gasteiger partial charge in [-0.25, -0.2) is 4.79 Å². The van der Waals surface area contributed by atoms with E-state index in [9.17, 15) is 4.79 Å². The monoisotopic (exact) mass is 272 g/mol. The van der Waals surface area contributed by atoms with Gasteiger partial charge in [0, 0.05) is 11.7 Å². The van der Waals surface area contributed by atoms with Crippen molar-refractivity contribution in [2.45, 2.75) is 6.61 Å². The predicted molar refractivity (Wildman–Crippen MR) is 74.3 cm³/mol.